The largest absolute Gasteiger partial charge is 0.484 e. The Labute approximate surface area is 143 Å². The third-order valence-corrected chi connectivity index (χ3v) is 3.87. The van der Waals surface area contributed by atoms with Crippen LogP contribution < -0.4 is 10.1 Å². The number of benzene rings is 1. The fourth-order valence-corrected chi connectivity index (χ4v) is 2.62. The number of carbonyl (C=O) groups is 2. The zero-order valence-electron chi connectivity index (χ0n) is 13.7. The summed E-state index contributed by atoms with van der Waals surface area (Å²) in [7, 11) is 0. The molecule has 2 amide bonds. The predicted octanol–water partition coefficient (Wildman–Crippen LogP) is 1.74. The van der Waals surface area contributed by atoms with Crippen molar-refractivity contribution >= 4 is 11.8 Å². The van der Waals surface area contributed by atoms with Gasteiger partial charge in [0.15, 0.2) is 12.3 Å². The molecule has 25 heavy (non-hydrogen) atoms. The molecule has 3 rings (SSSR count). The van der Waals surface area contributed by atoms with Crippen molar-refractivity contribution in [3.05, 3.63) is 47.9 Å². The average molecular weight is 347 g/mol. The van der Waals surface area contributed by atoms with E-state index < -0.39 is 11.7 Å². The normalized spacial score (nSPS) is 17.0. The van der Waals surface area contributed by atoms with Crippen molar-refractivity contribution in [3.8, 4) is 5.75 Å². The molecule has 1 saturated heterocycles. The number of likely N-dealkylation sites (N-methyl/N-ethyl adjacent to an activating group) is 1. The first-order valence-electron chi connectivity index (χ1n) is 7.96. The monoisotopic (exact) mass is 347 g/mol. The molecule has 2 aromatic rings. The van der Waals surface area contributed by atoms with E-state index in [4.69, 9.17) is 9.15 Å². The van der Waals surface area contributed by atoms with Crippen LogP contribution in [0.4, 0.5) is 4.39 Å². The van der Waals surface area contributed by atoms with Crippen molar-refractivity contribution in [2.45, 2.75) is 26.0 Å². The molecule has 0 aliphatic carbocycles. The highest BCUT2D eigenvalue weighted by Gasteiger charge is 2.30. The number of carbonyl (C=O) groups excluding carboxylic acids is 2. The maximum atomic E-state index is 13.1. The van der Waals surface area contributed by atoms with Crippen LogP contribution in [0, 0.1) is 5.82 Å². The highest BCUT2D eigenvalue weighted by atomic mass is 19.1. The second-order valence-electron chi connectivity index (χ2n) is 5.68. The number of amides is 2. The summed E-state index contributed by atoms with van der Waals surface area (Å²) in [6.07, 6.45) is 1.51. The van der Waals surface area contributed by atoms with Crippen molar-refractivity contribution < 1.29 is 23.1 Å². The van der Waals surface area contributed by atoms with Gasteiger partial charge in [0.25, 0.3) is 5.91 Å². The van der Waals surface area contributed by atoms with Crippen LogP contribution in [0.3, 0.4) is 0 Å². The molecule has 1 atom stereocenters. The summed E-state index contributed by atoms with van der Waals surface area (Å²) in [6, 6.07) is 5.46. The molecule has 0 unspecified atom stereocenters. The smallest absolute Gasteiger partial charge is 0.273 e. The van der Waals surface area contributed by atoms with Crippen molar-refractivity contribution in [2.75, 3.05) is 13.1 Å². The van der Waals surface area contributed by atoms with E-state index in [9.17, 15) is 14.0 Å². The summed E-state index contributed by atoms with van der Waals surface area (Å²) in [6.45, 7) is 2.98. The molecule has 1 N–H and O–H groups in total. The molecular weight excluding hydrogens is 329 g/mol. The third-order valence-electron chi connectivity index (χ3n) is 3.87. The second-order valence-corrected chi connectivity index (χ2v) is 5.68. The molecule has 1 aromatic heterocycles. The van der Waals surface area contributed by atoms with E-state index in [1.54, 1.807) is 11.0 Å². The Kier molecular flexibility index (Phi) is 4.97. The number of nitrogens with zero attached hydrogens (tertiary/aromatic N) is 2. The Morgan fingerprint density at radius 2 is 2.36 bits per heavy atom. The maximum Gasteiger partial charge on any atom is 0.273 e. The Balaban J connectivity index is 1.54. The summed E-state index contributed by atoms with van der Waals surface area (Å²) in [4.78, 5) is 29.6. The molecule has 0 saturated carbocycles. The van der Waals surface area contributed by atoms with Crippen LogP contribution in [0.2, 0.25) is 0 Å². The Hall–Kier alpha value is -2.90. The fraction of sp³-hybridized carbons (Fsp3) is 0.353. The molecule has 0 spiro atoms. The number of nitrogens with one attached hydrogen (secondary N) is 1. The summed E-state index contributed by atoms with van der Waals surface area (Å²) in [5.41, 5.74) is 0.111. The van der Waals surface area contributed by atoms with Crippen molar-refractivity contribution in [1.82, 2.24) is 15.2 Å². The zero-order valence-corrected chi connectivity index (χ0v) is 13.7. The molecule has 132 valence electrons. The molecule has 1 aliphatic heterocycles. The predicted molar refractivity (Wildman–Crippen MR) is 85.4 cm³/mol. The van der Waals surface area contributed by atoms with E-state index in [1.807, 2.05) is 6.92 Å². The first-order valence-corrected chi connectivity index (χ1v) is 7.96. The fourth-order valence-electron chi connectivity index (χ4n) is 2.62. The molecule has 1 aliphatic rings. The summed E-state index contributed by atoms with van der Waals surface area (Å²) < 4.78 is 23.6. The molecular formula is C17H18FN3O4. The van der Waals surface area contributed by atoms with E-state index in [-0.39, 0.29) is 36.6 Å². The topological polar surface area (TPSA) is 84.7 Å². The number of rotatable bonds is 6. The van der Waals surface area contributed by atoms with Gasteiger partial charge in [-0.2, -0.15) is 0 Å². The third kappa shape index (κ3) is 4.14. The number of hydrogen-bond donors (Lipinski definition) is 1. The number of halogens is 1. The van der Waals surface area contributed by atoms with Gasteiger partial charge < -0.3 is 19.4 Å². The minimum Gasteiger partial charge on any atom is -0.484 e. The van der Waals surface area contributed by atoms with Crippen LogP contribution in [0.15, 0.2) is 34.9 Å². The second kappa shape index (κ2) is 7.33. The number of likely N-dealkylation sites (tertiary alicyclic amines) is 1. The van der Waals surface area contributed by atoms with Gasteiger partial charge in [0.2, 0.25) is 11.8 Å². The van der Waals surface area contributed by atoms with Crippen molar-refractivity contribution in [1.29, 1.82) is 0 Å². The summed E-state index contributed by atoms with van der Waals surface area (Å²) in [5.74, 6) is -0.244. The van der Waals surface area contributed by atoms with E-state index >= 15 is 0 Å². The number of ether oxygens (including phenoxy) is 1. The molecule has 2 heterocycles. The Bertz CT molecular complexity index is 777. The minimum atomic E-state index is -0.406. The molecule has 0 bridgehead atoms. The van der Waals surface area contributed by atoms with Crippen LogP contribution in [0.5, 0.6) is 5.75 Å². The van der Waals surface area contributed by atoms with Crippen LogP contribution in [0.1, 0.15) is 29.7 Å². The van der Waals surface area contributed by atoms with Gasteiger partial charge in [0, 0.05) is 25.6 Å². The van der Waals surface area contributed by atoms with E-state index in [2.05, 4.69) is 10.3 Å². The van der Waals surface area contributed by atoms with Gasteiger partial charge in [0.05, 0.1) is 6.04 Å². The minimum absolute atomic E-state index is 0.0251. The van der Waals surface area contributed by atoms with Gasteiger partial charge in [-0.25, -0.2) is 9.37 Å². The molecule has 1 fully saturated rings. The van der Waals surface area contributed by atoms with Gasteiger partial charge in [0.1, 0.15) is 17.8 Å². The van der Waals surface area contributed by atoms with Gasteiger partial charge >= 0.3 is 0 Å². The SMILES string of the molecule is CCN1C[C@@H](NC(=O)c2coc(COc3cccc(F)c3)n2)CC1=O. The molecule has 8 heteroatoms. The lowest BCUT2D eigenvalue weighted by Gasteiger charge is -2.13. The number of hydrogen-bond acceptors (Lipinski definition) is 5. The van der Waals surface area contributed by atoms with Crippen LogP contribution >= 0.6 is 0 Å². The van der Waals surface area contributed by atoms with Crippen LogP contribution in [-0.4, -0.2) is 40.8 Å². The molecule has 7 nitrogen and oxygen atoms in total. The molecule has 1 aromatic carbocycles. The maximum absolute atomic E-state index is 13.1. The van der Waals surface area contributed by atoms with E-state index in [0.29, 0.717) is 18.8 Å². The first-order chi connectivity index (χ1) is 12.0. The zero-order chi connectivity index (χ0) is 17.8. The lowest BCUT2D eigenvalue weighted by atomic mass is 10.2. The molecule has 0 radical (unpaired) electrons. The Morgan fingerprint density at radius 3 is 3.08 bits per heavy atom. The summed E-state index contributed by atoms with van der Waals surface area (Å²) in [5, 5.41) is 2.77. The van der Waals surface area contributed by atoms with Crippen LogP contribution in [0.25, 0.3) is 0 Å². The quantitative estimate of drug-likeness (QED) is 0.860. The number of oxazole rings is 1. The highest BCUT2D eigenvalue weighted by molar-refractivity contribution is 5.93. The van der Waals surface area contributed by atoms with Crippen molar-refractivity contribution in [3.63, 3.8) is 0 Å². The van der Waals surface area contributed by atoms with Gasteiger partial charge in [-0.15, -0.1) is 0 Å². The number of aromatic nitrogens is 1. The van der Waals surface area contributed by atoms with Gasteiger partial charge in [-0.3, -0.25) is 9.59 Å². The van der Waals surface area contributed by atoms with Gasteiger partial charge in [-0.1, -0.05) is 6.07 Å². The average Bonchev–Trinajstić information content (AvgIpc) is 3.19. The van der Waals surface area contributed by atoms with Crippen molar-refractivity contribution in [2.24, 2.45) is 0 Å². The Morgan fingerprint density at radius 1 is 1.52 bits per heavy atom. The van der Waals surface area contributed by atoms with E-state index in [1.165, 1.54) is 24.5 Å². The van der Waals surface area contributed by atoms with Gasteiger partial charge in [-0.05, 0) is 19.1 Å². The highest BCUT2D eigenvalue weighted by Crippen LogP contribution is 2.15. The lowest BCUT2D eigenvalue weighted by Crippen LogP contribution is -2.37. The first kappa shape index (κ1) is 16.9. The summed E-state index contributed by atoms with van der Waals surface area (Å²) >= 11 is 0. The van der Waals surface area contributed by atoms with E-state index in [0.717, 1.165) is 0 Å². The van der Waals surface area contributed by atoms with Crippen LogP contribution in [-0.2, 0) is 11.4 Å². The standard InChI is InChI=1S/C17H18FN3O4/c1-2-21-8-12(7-16(21)22)19-17(23)14-9-25-15(20-14)10-24-13-5-3-4-11(18)6-13/h3-6,9,12H,2,7-8,10H2,1H3,(H,19,23)/t12-/m0/s1. The lowest BCUT2D eigenvalue weighted by molar-refractivity contribution is -0.127.